The minimum atomic E-state index is -3.10. The zero-order valence-corrected chi connectivity index (χ0v) is 9.28. The third-order valence-corrected chi connectivity index (χ3v) is 2.01. The Morgan fingerprint density at radius 1 is 1.00 bits per heavy atom. The summed E-state index contributed by atoms with van der Waals surface area (Å²) in [6, 6.07) is 0. The van der Waals surface area contributed by atoms with Crippen LogP contribution >= 0.6 is 0 Å². The molecule has 0 aliphatic rings. The van der Waals surface area contributed by atoms with Gasteiger partial charge in [-0.2, -0.15) is 0 Å². The number of rotatable bonds is 6. The molecule has 0 rings (SSSR count). The normalized spacial score (nSPS) is 17.0. The van der Waals surface area contributed by atoms with Crippen molar-refractivity contribution in [1.82, 2.24) is 0 Å². The molecule has 102 valence electrons. The average Bonchev–Trinajstić information content (AvgIpc) is 2.40. The molecule has 0 saturated carbocycles. The molecule has 0 fully saturated rings. The van der Waals surface area contributed by atoms with Crippen LogP contribution in [0.5, 0.6) is 0 Å². The van der Waals surface area contributed by atoms with Gasteiger partial charge in [0.05, 0.1) is 13.2 Å². The summed E-state index contributed by atoms with van der Waals surface area (Å²) < 4.78 is 0. The second kappa shape index (κ2) is 7.17. The molecule has 18 heavy (non-hydrogen) atoms. The molecule has 0 amide bonds. The lowest BCUT2D eigenvalue weighted by Gasteiger charge is -2.23. The predicted molar refractivity (Wildman–Crippen MR) is 56.0 cm³/mol. The van der Waals surface area contributed by atoms with Crippen LogP contribution in [0.4, 0.5) is 0 Å². The van der Waals surface area contributed by atoms with E-state index in [1.807, 2.05) is 5.92 Å². The monoisotopic (exact) mass is 262 g/mol. The summed E-state index contributed by atoms with van der Waals surface area (Å²) in [5, 5.41) is 53.5. The van der Waals surface area contributed by atoms with Gasteiger partial charge in [0.1, 0.15) is 18.8 Å². The average molecular weight is 262 g/mol. The van der Waals surface area contributed by atoms with Crippen molar-refractivity contribution >= 4 is 11.6 Å². The molecule has 0 aromatic heterocycles. The lowest BCUT2D eigenvalue weighted by atomic mass is 9.88. The van der Waals surface area contributed by atoms with E-state index in [0.29, 0.717) is 0 Å². The van der Waals surface area contributed by atoms with E-state index in [9.17, 15) is 14.7 Å². The summed E-state index contributed by atoms with van der Waals surface area (Å²) in [6.07, 6.45) is -4.17. The van der Waals surface area contributed by atoms with Gasteiger partial charge in [-0.15, -0.1) is 0 Å². The second-order valence-corrected chi connectivity index (χ2v) is 3.30. The van der Waals surface area contributed by atoms with Crippen molar-refractivity contribution in [3.8, 4) is 11.8 Å². The zero-order chi connectivity index (χ0) is 14.3. The first kappa shape index (κ1) is 16.7. The highest BCUT2D eigenvalue weighted by atomic mass is 16.4. The molecule has 0 saturated heterocycles. The SMILES string of the molecule is O=C(C(O)CO)C(O)(C#CCO)C(=O)C(O)CO. The van der Waals surface area contributed by atoms with Crippen LogP contribution in [0.25, 0.3) is 0 Å². The number of ketones is 2. The Labute approximate surface area is 102 Å². The molecule has 0 aliphatic carbocycles. The lowest BCUT2D eigenvalue weighted by molar-refractivity contribution is -0.157. The first-order valence-corrected chi connectivity index (χ1v) is 4.84. The van der Waals surface area contributed by atoms with E-state index in [4.69, 9.17) is 25.5 Å². The van der Waals surface area contributed by atoms with Crippen LogP contribution in [0, 0.1) is 11.8 Å². The van der Waals surface area contributed by atoms with E-state index in [2.05, 4.69) is 0 Å². The Kier molecular flexibility index (Phi) is 6.64. The highest BCUT2D eigenvalue weighted by molar-refractivity contribution is 6.16. The summed E-state index contributed by atoms with van der Waals surface area (Å²) in [4.78, 5) is 23.0. The van der Waals surface area contributed by atoms with Crippen molar-refractivity contribution in [3.05, 3.63) is 0 Å². The fourth-order valence-corrected chi connectivity index (χ4v) is 1.06. The molecule has 0 radical (unpaired) electrons. The zero-order valence-electron chi connectivity index (χ0n) is 9.28. The van der Waals surface area contributed by atoms with Crippen molar-refractivity contribution < 1.29 is 40.2 Å². The number of hydrogen-bond donors (Lipinski definition) is 6. The number of carbonyl (C=O) groups excluding carboxylic acids is 2. The Balaban J connectivity index is 5.44. The maximum atomic E-state index is 11.5. The minimum absolute atomic E-state index is 0.784. The van der Waals surface area contributed by atoms with Crippen LogP contribution in [0.3, 0.4) is 0 Å². The Morgan fingerprint density at radius 2 is 1.39 bits per heavy atom. The van der Waals surface area contributed by atoms with E-state index in [1.54, 1.807) is 5.92 Å². The maximum absolute atomic E-state index is 11.5. The van der Waals surface area contributed by atoms with Crippen LogP contribution in [0.1, 0.15) is 0 Å². The van der Waals surface area contributed by atoms with Crippen molar-refractivity contribution in [2.75, 3.05) is 19.8 Å². The van der Waals surface area contributed by atoms with Gasteiger partial charge in [0.15, 0.2) is 0 Å². The maximum Gasteiger partial charge on any atom is 0.249 e. The van der Waals surface area contributed by atoms with Crippen LogP contribution < -0.4 is 0 Å². The summed E-state index contributed by atoms with van der Waals surface area (Å²) in [6.45, 7) is -2.91. The lowest BCUT2D eigenvalue weighted by Crippen LogP contribution is -2.55. The van der Waals surface area contributed by atoms with Gasteiger partial charge in [-0.1, -0.05) is 5.92 Å². The molecule has 8 heteroatoms. The third kappa shape index (κ3) is 3.58. The van der Waals surface area contributed by atoms with Crippen LogP contribution in [-0.2, 0) is 9.59 Å². The fraction of sp³-hybridized carbons (Fsp3) is 0.600. The molecular formula is C10H14O8. The summed E-state index contributed by atoms with van der Waals surface area (Å²) in [7, 11) is 0. The van der Waals surface area contributed by atoms with Gasteiger partial charge in [0, 0.05) is 0 Å². The molecule has 6 N–H and O–H groups in total. The number of carbonyl (C=O) groups is 2. The third-order valence-electron chi connectivity index (χ3n) is 2.01. The van der Waals surface area contributed by atoms with E-state index in [0.717, 1.165) is 0 Å². The molecule has 0 aromatic carbocycles. The summed E-state index contributed by atoms with van der Waals surface area (Å²) >= 11 is 0. The van der Waals surface area contributed by atoms with E-state index in [-0.39, 0.29) is 0 Å². The first-order chi connectivity index (χ1) is 8.34. The fourth-order valence-electron chi connectivity index (χ4n) is 1.06. The number of hydrogen-bond acceptors (Lipinski definition) is 8. The van der Waals surface area contributed by atoms with Crippen LogP contribution in [0.2, 0.25) is 0 Å². The van der Waals surface area contributed by atoms with E-state index < -0.39 is 49.2 Å². The largest absolute Gasteiger partial charge is 0.393 e. The molecule has 0 aromatic rings. The van der Waals surface area contributed by atoms with Crippen LogP contribution in [-0.4, -0.2) is 79.8 Å². The Morgan fingerprint density at radius 3 is 1.67 bits per heavy atom. The van der Waals surface area contributed by atoms with Gasteiger partial charge in [0.2, 0.25) is 17.2 Å². The first-order valence-electron chi connectivity index (χ1n) is 4.84. The molecule has 2 unspecified atom stereocenters. The number of Topliss-reactive ketones (excluding diaryl/α,β-unsaturated/α-hetero) is 2. The van der Waals surface area contributed by atoms with Gasteiger partial charge in [-0.3, -0.25) is 9.59 Å². The van der Waals surface area contributed by atoms with E-state index >= 15 is 0 Å². The van der Waals surface area contributed by atoms with Crippen LogP contribution in [0.15, 0.2) is 0 Å². The molecule has 0 bridgehead atoms. The molecule has 8 nitrogen and oxygen atoms in total. The molecule has 0 heterocycles. The molecule has 2 atom stereocenters. The molecule has 0 aliphatic heterocycles. The standard InChI is InChI=1S/C10H14O8/c11-3-1-2-10(18,8(16)6(14)4-12)9(17)7(15)5-13/h6-7,11-15,18H,3-5H2. The quantitative estimate of drug-likeness (QED) is 0.207. The van der Waals surface area contributed by atoms with Gasteiger partial charge in [0.25, 0.3) is 0 Å². The minimum Gasteiger partial charge on any atom is -0.393 e. The van der Waals surface area contributed by atoms with Gasteiger partial charge < -0.3 is 30.6 Å². The van der Waals surface area contributed by atoms with Gasteiger partial charge >= 0.3 is 0 Å². The number of aliphatic hydroxyl groups is 6. The highest BCUT2D eigenvalue weighted by Crippen LogP contribution is 2.12. The smallest absolute Gasteiger partial charge is 0.249 e. The highest BCUT2D eigenvalue weighted by Gasteiger charge is 2.47. The second-order valence-electron chi connectivity index (χ2n) is 3.30. The van der Waals surface area contributed by atoms with Crippen molar-refractivity contribution in [1.29, 1.82) is 0 Å². The number of aliphatic hydroxyl groups excluding tert-OH is 5. The molecule has 0 spiro atoms. The predicted octanol–water partition coefficient (Wildman–Crippen LogP) is -4.44. The van der Waals surface area contributed by atoms with E-state index in [1.165, 1.54) is 0 Å². The van der Waals surface area contributed by atoms with Gasteiger partial charge in [-0.25, -0.2) is 0 Å². The summed E-state index contributed by atoms with van der Waals surface area (Å²) in [5.41, 5.74) is -3.10. The van der Waals surface area contributed by atoms with Crippen molar-refractivity contribution in [2.45, 2.75) is 17.8 Å². The van der Waals surface area contributed by atoms with Crippen molar-refractivity contribution in [3.63, 3.8) is 0 Å². The molecular weight excluding hydrogens is 248 g/mol. The Hall–Kier alpha value is -1.34. The van der Waals surface area contributed by atoms with Gasteiger partial charge in [-0.05, 0) is 5.92 Å². The topological polar surface area (TPSA) is 156 Å². The summed E-state index contributed by atoms with van der Waals surface area (Å²) in [5.74, 6) is 0.422. The van der Waals surface area contributed by atoms with Crippen molar-refractivity contribution in [2.24, 2.45) is 0 Å². The Bertz CT molecular complexity index is 344.